The highest BCUT2D eigenvalue weighted by Crippen LogP contribution is 2.33. The Hall–Kier alpha value is -3.60. The molecule has 0 spiro atoms. The van der Waals surface area contributed by atoms with E-state index in [2.05, 4.69) is 10.3 Å². The first kappa shape index (κ1) is 25.5. The van der Waals surface area contributed by atoms with Gasteiger partial charge in [0.05, 0.1) is 25.5 Å². The number of halogens is 1. The molecule has 1 fully saturated rings. The average molecular weight is 497 g/mol. The van der Waals surface area contributed by atoms with E-state index in [9.17, 15) is 19.1 Å². The van der Waals surface area contributed by atoms with Crippen molar-refractivity contribution in [2.24, 2.45) is 7.05 Å². The third kappa shape index (κ3) is 5.78. The molecule has 0 saturated carbocycles. The number of hydrogen-bond acceptors (Lipinski definition) is 7. The minimum absolute atomic E-state index is 0.0827. The zero-order valence-electron chi connectivity index (χ0n) is 20.2. The molecular weight excluding hydrogens is 467 g/mol. The van der Waals surface area contributed by atoms with Gasteiger partial charge in [-0.25, -0.2) is 9.37 Å². The van der Waals surface area contributed by atoms with E-state index in [4.69, 9.17) is 9.47 Å². The molecule has 2 aromatic carbocycles. The summed E-state index contributed by atoms with van der Waals surface area (Å²) in [6.45, 7) is 1.35. The van der Waals surface area contributed by atoms with Gasteiger partial charge in [0.25, 0.3) is 11.5 Å². The van der Waals surface area contributed by atoms with Gasteiger partial charge in [-0.1, -0.05) is 42.5 Å². The predicted octanol–water partition coefficient (Wildman–Crippen LogP) is 2.49. The van der Waals surface area contributed by atoms with E-state index in [1.54, 1.807) is 7.11 Å². The number of nitrogens with one attached hydrogen (secondary N) is 1. The van der Waals surface area contributed by atoms with Crippen LogP contribution in [0, 0.1) is 5.82 Å². The monoisotopic (exact) mass is 496 g/mol. The molecule has 2 atom stereocenters. The van der Waals surface area contributed by atoms with E-state index in [1.165, 1.54) is 35.9 Å². The topological polar surface area (TPSA) is 106 Å². The Morgan fingerprint density at radius 3 is 2.58 bits per heavy atom. The number of ether oxygens (including phenoxy) is 2. The summed E-state index contributed by atoms with van der Waals surface area (Å²) in [5.74, 6) is -1.49. The van der Waals surface area contributed by atoms with Gasteiger partial charge >= 0.3 is 0 Å². The predicted molar refractivity (Wildman–Crippen MR) is 130 cm³/mol. The van der Waals surface area contributed by atoms with Gasteiger partial charge < -0.3 is 19.9 Å². The van der Waals surface area contributed by atoms with Crippen LogP contribution in [0.15, 0.2) is 59.4 Å². The van der Waals surface area contributed by atoms with Gasteiger partial charge in [0, 0.05) is 27.2 Å². The average Bonchev–Trinajstić information content (AvgIpc) is 3.29. The number of benzene rings is 2. The molecule has 0 aliphatic carbocycles. The van der Waals surface area contributed by atoms with Crippen molar-refractivity contribution in [1.29, 1.82) is 0 Å². The lowest BCUT2D eigenvalue weighted by atomic mass is 10.1. The summed E-state index contributed by atoms with van der Waals surface area (Å²) in [6.07, 6.45) is 0.379. The Morgan fingerprint density at radius 2 is 1.89 bits per heavy atom. The van der Waals surface area contributed by atoms with Crippen LogP contribution in [-0.2, 0) is 29.7 Å². The number of nitrogens with zero attached hydrogens (tertiary/aromatic N) is 3. The fourth-order valence-corrected chi connectivity index (χ4v) is 4.28. The van der Waals surface area contributed by atoms with Crippen molar-refractivity contribution in [2.75, 3.05) is 20.4 Å². The fourth-order valence-electron chi connectivity index (χ4n) is 4.28. The zero-order chi connectivity index (χ0) is 25.7. The largest absolute Gasteiger partial charge is 0.501 e. The minimum Gasteiger partial charge on any atom is -0.501 e. The first-order chi connectivity index (χ1) is 17.4. The van der Waals surface area contributed by atoms with Crippen molar-refractivity contribution in [3.05, 3.63) is 93.4 Å². The molecule has 1 aliphatic heterocycles. The maximum atomic E-state index is 13.1. The van der Waals surface area contributed by atoms with Crippen molar-refractivity contribution >= 4 is 5.91 Å². The van der Waals surface area contributed by atoms with E-state index >= 15 is 0 Å². The molecule has 9 nitrogen and oxygen atoms in total. The first-order valence-corrected chi connectivity index (χ1v) is 11.6. The number of amides is 1. The molecular formula is C26H29FN4O5. The molecule has 1 amide bonds. The second kappa shape index (κ2) is 11.4. The molecule has 0 bridgehead atoms. The van der Waals surface area contributed by atoms with Gasteiger partial charge in [0.1, 0.15) is 11.6 Å². The summed E-state index contributed by atoms with van der Waals surface area (Å²) < 4.78 is 25.9. The summed E-state index contributed by atoms with van der Waals surface area (Å²) >= 11 is 0. The second-order valence-corrected chi connectivity index (χ2v) is 8.70. The van der Waals surface area contributed by atoms with Crippen molar-refractivity contribution in [2.45, 2.75) is 31.7 Å². The molecule has 2 N–H and O–H groups in total. The van der Waals surface area contributed by atoms with Gasteiger partial charge in [-0.15, -0.1) is 0 Å². The number of aromatic hydroxyl groups is 1. The Bertz CT molecular complexity index is 1250. The molecule has 1 saturated heterocycles. The minimum atomic E-state index is -0.731. The van der Waals surface area contributed by atoms with E-state index < -0.39 is 17.2 Å². The quantitative estimate of drug-likeness (QED) is 0.469. The molecule has 10 heteroatoms. The normalized spacial score (nSPS) is 17.9. The number of carbonyl (C=O) groups excluding carboxylic acids is 1. The van der Waals surface area contributed by atoms with E-state index in [0.717, 1.165) is 5.56 Å². The molecule has 190 valence electrons. The number of carbonyl (C=O) groups is 1. The summed E-state index contributed by atoms with van der Waals surface area (Å²) in [5.41, 5.74) is 0.627. The van der Waals surface area contributed by atoms with Gasteiger partial charge in [-0.05, 0) is 29.7 Å². The lowest BCUT2D eigenvalue weighted by molar-refractivity contribution is 0.0232. The van der Waals surface area contributed by atoms with Crippen LogP contribution >= 0.6 is 0 Å². The second-order valence-electron chi connectivity index (χ2n) is 8.70. The highest BCUT2D eigenvalue weighted by Gasteiger charge is 2.37. The zero-order valence-corrected chi connectivity index (χ0v) is 20.2. The van der Waals surface area contributed by atoms with Crippen LogP contribution in [0.5, 0.6) is 5.75 Å². The lowest BCUT2D eigenvalue weighted by Crippen LogP contribution is -2.34. The van der Waals surface area contributed by atoms with Crippen LogP contribution in [0.2, 0.25) is 0 Å². The van der Waals surface area contributed by atoms with Crippen molar-refractivity contribution in [3.8, 4) is 5.75 Å². The Labute approximate surface area is 208 Å². The third-order valence-electron chi connectivity index (χ3n) is 6.17. The molecule has 36 heavy (non-hydrogen) atoms. The number of hydrogen-bond donors (Lipinski definition) is 2. The maximum Gasteiger partial charge on any atom is 0.296 e. The van der Waals surface area contributed by atoms with Crippen molar-refractivity contribution in [1.82, 2.24) is 19.8 Å². The standard InChI is InChI=1S/C26H29FN4O5/c1-30-24(21-12-20(14-31(21)16-35-2)36-15-18-6-4-3-5-7-18)29-22(23(32)26(30)34)25(33)28-13-17-8-10-19(27)11-9-17/h3-11,20-21,32H,12-16H2,1-2H3,(H,28,33)/t20-,21+/m1/s1. The summed E-state index contributed by atoms with van der Waals surface area (Å²) in [4.78, 5) is 32.1. The smallest absolute Gasteiger partial charge is 0.296 e. The van der Waals surface area contributed by atoms with Crippen molar-refractivity contribution < 1.29 is 23.8 Å². The van der Waals surface area contributed by atoms with Crippen LogP contribution in [0.1, 0.15) is 39.9 Å². The molecule has 1 aliphatic rings. The molecule has 2 heterocycles. The Morgan fingerprint density at radius 1 is 1.17 bits per heavy atom. The SMILES string of the molecule is COCN1C[C@H](OCc2ccccc2)C[C@H]1c1nc(C(=O)NCc2ccc(F)cc2)c(O)c(=O)n1C. The van der Waals surface area contributed by atoms with Crippen LogP contribution in [0.25, 0.3) is 0 Å². The van der Waals surface area contributed by atoms with E-state index in [0.29, 0.717) is 31.0 Å². The molecule has 4 rings (SSSR count). The summed E-state index contributed by atoms with van der Waals surface area (Å²) in [7, 11) is 3.08. The fraction of sp³-hybridized carbons (Fsp3) is 0.346. The van der Waals surface area contributed by atoms with Crippen LogP contribution < -0.4 is 10.9 Å². The summed E-state index contributed by atoms with van der Waals surface area (Å²) in [5, 5.41) is 13.0. The van der Waals surface area contributed by atoms with Gasteiger partial charge in [-0.3, -0.25) is 19.1 Å². The van der Waals surface area contributed by atoms with Crippen molar-refractivity contribution in [3.63, 3.8) is 0 Å². The molecule has 0 unspecified atom stereocenters. The number of rotatable bonds is 9. The third-order valence-corrected chi connectivity index (χ3v) is 6.17. The van der Waals surface area contributed by atoms with Gasteiger partial charge in [-0.2, -0.15) is 0 Å². The highest BCUT2D eigenvalue weighted by molar-refractivity contribution is 5.94. The van der Waals surface area contributed by atoms with Gasteiger partial charge in [0.2, 0.25) is 5.75 Å². The lowest BCUT2D eigenvalue weighted by Gasteiger charge is -2.24. The number of aromatic nitrogens is 2. The Kier molecular flexibility index (Phi) is 8.09. The number of likely N-dealkylation sites (tertiary alicyclic amines) is 1. The molecule has 3 aromatic rings. The van der Waals surface area contributed by atoms with Gasteiger partial charge in [0.15, 0.2) is 5.69 Å². The summed E-state index contributed by atoms with van der Waals surface area (Å²) in [6, 6.07) is 15.1. The maximum absolute atomic E-state index is 13.1. The van der Waals surface area contributed by atoms with Crippen LogP contribution in [-0.4, -0.2) is 52.0 Å². The molecule has 0 radical (unpaired) electrons. The van der Waals surface area contributed by atoms with E-state index in [1.807, 2.05) is 35.2 Å². The van der Waals surface area contributed by atoms with E-state index in [-0.39, 0.29) is 36.9 Å². The Balaban J connectivity index is 1.54. The number of methoxy groups -OCH3 is 1. The van der Waals surface area contributed by atoms with Crippen LogP contribution in [0.4, 0.5) is 4.39 Å². The molecule has 1 aromatic heterocycles. The highest BCUT2D eigenvalue weighted by atomic mass is 19.1. The van der Waals surface area contributed by atoms with Crippen LogP contribution in [0.3, 0.4) is 0 Å². The first-order valence-electron chi connectivity index (χ1n) is 11.6.